The van der Waals surface area contributed by atoms with Crippen LogP contribution in [0.1, 0.15) is 23.1 Å². The van der Waals surface area contributed by atoms with Gasteiger partial charge in [0.15, 0.2) is 11.7 Å². The average Bonchev–Trinajstić information content (AvgIpc) is 3.29. The van der Waals surface area contributed by atoms with Crippen molar-refractivity contribution in [2.75, 3.05) is 17.8 Å². The molecule has 9 heteroatoms. The highest BCUT2D eigenvalue weighted by atomic mass is 32.2. The van der Waals surface area contributed by atoms with E-state index in [4.69, 9.17) is 4.42 Å². The van der Waals surface area contributed by atoms with Crippen molar-refractivity contribution in [1.82, 2.24) is 15.3 Å². The van der Waals surface area contributed by atoms with Gasteiger partial charge >= 0.3 is 0 Å². The fraction of sp³-hybridized carbons (Fsp3) is 0.200. The molecule has 0 bridgehead atoms. The fourth-order valence-corrected chi connectivity index (χ4v) is 4.47. The second-order valence-electron chi connectivity index (χ2n) is 7.83. The molecule has 2 aromatic carbocycles. The van der Waals surface area contributed by atoms with Gasteiger partial charge in [-0.1, -0.05) is 18.2 Å². The summed E-state index contributed by atoms with van der Waals surface area (Å²) in [6, 6.07) is 17.3. The minimum absolute atomic E-state index is 0.160. The second-order valence-corrected chi connectivity index (χ2v) is 9.51. The van der Waals surface area contributed by atoms with Gasteiger partial charge in [-0.25, -0.2) is 13.4 Å². The van der Waals surface area contributed by atoms with Crippen molar-refractivity contribution in [3.8, 4) is 11.3 Å². The molecular formula is C25H26N4O4S. The van der Waals surface area contributed by atoms with Crippen molar-refractivity contribution < 1.29 is 17.9 Å². The summed E-state index contributed by atoms with van der Waals surface area (Å²) in [5, 5.41) is 13.4. The first kappa shape index (κ1) is 23.6. The van der Waals surface area contributed by atoms with Crippen molar-refractivity contribution in [3.63, 3.8) is 0 Å². The summed E-state index contributed by atoms with van der Waals surface area (Å²) in [4.78, 5) is 8.23. The van der Waals surface area contributed by atoms with Gasteiger partial charge in [0.2, 0.25) is 0 Å². The fourth-order valence-electron chi connectivity index (χ4n) is 3.41. The van der Waals surface area contributed by atoms with E-state index < -0.39 is 16.1 Å². The first-order valence-electron chi connectivity index (χ1n) is 10.8. The Hall–Kier alpha value is -3.53. The average molecular weight is 479 g/mol. The van der Waals surface area contributed by atoms with Crippen LogP contribution in [0.15, 0.2) is 88.6 Å². The number of nitrogens with one attached hydrogen (secondary N) is 2. The number of hydrogen-bond donors (Lipinski definition) is 3. The molecular weight excluding hydrogens is 452 g/mol. The van der Waals surface area contributed by atoms with Gasteiger partial charge in [-0.15, -0.1) is 0 Å². The number of pyridine rings is 1. The van der Waals surface area contributed by atoms with E-state index in [1.54, 1.807) is 55.8 Å². The first-order valence-corrected chi connectivity index (χ1v) is 12.3. The van der Waals surface area contributed by atoms with Crippen LogP contribution in [0.5, 0.6) is 0 Å². The van der Waals surface area contributed by atoms with Crippen LogP contribution in [0, 0.1) is 6.92 Å². The number of aliphatic hydroxyl groups is 1. The van der Waals surface area contributed by atoms with Crippen LogP contribution in [0.2, 0.25) is 0 Å². The van der Waals surface area contributed by atoms with E-state index in [0.717, 1.165) is 23.1 Å². The highest BCUT2D eigenvalue weighted by molar-refractivity contribution is 7.92. The topological polar surface area (TPSA) is 117 Å². The molecule has 1 atom stereocenters. The van der Waals surface area contributed by atoms with Crippen molar-refractivity contribution in [2.45, 2.75) is 24.3 Å². The molecule has 2 heterocycles. The molecule has 0 saturated heterocycles. The smallest absolute Gasteiger partial charge is 0.261 e. The third-order valence-corrected chi connectivity index (χ3v) is 6.67. The lowest BCUT2D eigenvalue weighted by molar-refractivity contribution is 0.174. The number of benzene rings is 2. The summed E-state index contributed by atoms with van der Waals surface area (Å²) in [6.45, 7) is 2.86. The normalized spacial score (nSPS) is 12.4. The lowest BCUT2D eigenvalue weighted by Gasteiger charge is -2.12. The molecule has 176 valence electrons. The van der Waals surface area contributed by atoms with Gasteiger partial charge in [-0.05, 0) is 61.0 Å². The van der Waals surface area contributed by atoms with Crippen molar-refractivity contribution >= 4 is 15.7 Å². The highest BCUT2D eigenvalue weighted by Gasteiger charge is 2.15. The number of aryl methyl sites for hydroxylation is 1. The van der Waals surface area contributed by atoms with Gasteiger partial charge in [0.25, 0.3) is 10.0 Å². The number of rotatable bonds is 10. The Labute approximate surface area is 198 Å². The Kier molecular flexibility index (Phi) is 7.36. The minimum Gasteiger partial charge on any atom is -0.441 e. The number of aromatic nitrogens is 2. The molecule has 0 radical (unpaired) electrons. The van der Waals surface area contributed by atoms with Crippen LogP contribution in [0.4, 0.5) is 5.69 Å². The molecule has 4 rings (SSSR count). The molecule has 0 fully saturated rings. The SMILES string of the molecule is Cc1ncc(-c2ccc(S(=O)(=O)Nc3ccc(CCNC[C@H](O)c4cccnc4)cc3)cc2)o1. The zero-order valence-corrected chi connectivity index (χ0v) is 19.5. The summed E-state index contributed by atoms with van der Waals surface area (Å²) in [5.41, 5.74) is 3.07. The lowest BCUT2D eigenvalue weighted by Crippen LogP contribution is -2.23. The van der Waals surface area contributed by atoms with E-state index >= 15 is 0 Å². The third-order valence-electron chi connectivity index (χ3n) is 5.27. The van der Waals surface area contributed by atoms with Gasteiger partial charge in [0, 0.05) is 42.7 Å². The molecule has 0 amide bonds. The number of aliphatic hydroxyl groups excluding tert-OH is 1. The van der Waals surface area contributed by atoms with Crippen LogP contribution in [0.25, 0.3) is 11.3 Å². The Morgan fingerprint density at radius 1 is 1.03 bits per heavy atom. The van der Waals surface area contributed by atoms with Gasteiger partial charge in [-0.3, -0.25) is 9.71 Å². The van der Waals surface area contributed by atoms with Gasteiger partial charge < -0.3 is 14.8 Å². The number of anilines is 1. The maximum absolute atomic E-state index is 12.7. The molecule has 0 aliphatic rings. The van der Waals surface area contributed by atoms with Crippen molar-refractivity contribution in [1.29, 1.82) is 0 Å². The number of oxazole rings is 1. The standard InChI is InChI=1S/C25H26N4O4S/c1-18-28-17-25(33-18)20-6-10-23(11-7-20)34(31,32)29-22-8-4-19(5-9-22)12-14-27-16-24(30)21-3-2-13-26-15-21/h2-11,13,15,17,24,27,29-30H,12,14,16H2,1H3/t24-/m0/s1. The molecule has 0 unspecified atom stereocenters. The minimum atomic E-state index is -3.72. The highest BCUT2D eigenvalue weighted by Crippen LogP contribution is 2.23. The van der Waals surface area contributed by atoms with E-state index in [9.17, 15) is 13.5 Å². The molecule has 3 N–H and O–H groups in total. The Morgan fingerprint density at radius 3 is 2.44 bits per heavy atom. The van der Waals surface area contributed by atoms with Crippen molar-refractivity contribution in [2.24, 2.45) is 0 Å². The predicted octanol–water partition coefficient (Wildman–Crippen LogP) is 3.71. The summed E-state index contributed by atoms with van der Waals surface area (Å²) in [7, 11) is -3.72. The second kappa shape index (κ2) is 10.6. The van der Waals surface area contributed by atoms with Crippen LogP contribution >= 0.6 is 0 Å². The molecule has 0 aliphatic heterocycles. The number of sulfonamides is 1. The Bertz CT molecular complexity index is 1310. The summed E-state index contributed by atoms with van der Waals surface area (Å²) >= 11 is 0. The molecule has 0 aliphatic carbocycles. The maximum Gasteiger partial charge on any atom is 0.261 e. The summed E-state index contributed by atoms with van der Waals surface area (Å²) in [5.74, 6) is 1.14. The monoisotopic (exact) mass is 478 g/mol. The van der Waals surface area contributed by atoms with E-state index in [-0.39, 0.29) is 4.90 Å². The summed E-state index contributed by atoms with van der Waals surface area (Å²) < 4.78 is 33.6. The van der Waals surface area contributed by atoms with Crippen LogP contribution in [0.3, 0.4) is 0 Å². The van der Waals surface area contributed by atoms with E-state index in [0.29, 0.717) is 30.4 Å². The third kappa shape index (κ3) is 6.07. The largest absolute Gasteiger partial charge is 0.441 e. The lowest BCUT2D eigenvalue weighted by atomic mass is 10.1. The molecule has 8 nitrogen and oxygen atoms in total. The molecule has 4 aromatic rings. The molecule has 34 heavy (non-hydrogen) atoms. The molecule has 0 spiro atoms. The quantitative estimate of drug-likeness (QED) is 0.297. The predicted molar refractivity (Wildman–Crippen MR) is 130 cm³/mol. The van der Waals surface area contributed by atoms with Crippen LogP contribution in [-0.2, 0) is 16.4 Å². The zero-order valence-electron chi connectivity index (χ0n) is 18.7. The maximum atomic E-state index is 12.7. The van der Waals surface area contributed by atoms with E-state index in [1.807, 2.05) is 18.2 Å². The number of nitrogens with zero attached hydrogens (tertiary/aromatic N) is 2. The van der Waals surface area contributed by atoms with Crippen LogP contribution in [-0.4, -0.2) is 36.6 Å². The zero-order chi connectivity index (χ0) is 24.0. The van der Waals surface area contributed by atoms with Crippen LogP contribution < -0.4 is 10.0 Å². The van der Waals surface area contributed by atoms with Gasteiger partial charge in [0.1, 0.15) is 0 Å². The summed E-state index contributed by atoms with van der Waals surface area (Å²) in [6.07, 6.45) is 5.06. The van der Waals surface area contributed by atoms with E-state index in [1.165, 1.54) is 12.1 Å². The molecule has 2 aromatic heterocycles. The Balaban J connectivity index is 1.28. The van der Waals surface area contributed by atoms with Gasteiger partial charge in [-0.2, -0.15) is 0 Å². The first-order chi connectivity index (χ1) is 16.4. The van der Waals surface area contributed by atoms with Gasteiger partial charge in [0.05, 0.1) is 17.2 Å². The Morgan fingerprint density at radius 2 is 1.79 bits per heavy atom. The number of hydrogen-bond acceptors (Lipinski definition) is 7. The molecule has 0 saturated carbocycles. The van der Waals surface area contributed by atoms with Crippen molar-refractivity contribution in [3.05, 3.63) is 96.3 Å². The van der Waals surface area contributed by atoms with E-state index in [2.05, 4.69) is 20.0 Å².